The van der Waals surface area contributed by atoms with Gasteiger partial charge < -0.3 is 20.2 Å². The first kappa shape index (κ1) is 24.9. The van der Waals surface area contributed by atoms with Crippen LogP contribution in [-0.4, -0.2) is 99.9 Å². The summed E-state index contributed by atoms with van der Waals surface area (Å²) in [5.41, 5.74) is 1.41. The highest BCUT2D eigenvalue weighted by molar-refractivity contribution is 5.81. The third-order valence-electron chi connectivity index (χ3n) is 6.55. The molecule has 2 aliphatic heterocycles. The van der Waals surface area contributed by atoms with Crippen molar-refractivity contribution in [2.24, 2.45) is 0 Å². The number of carbonyl (C=O) groups is 2. The lowest BCUT2D eigenvalue weighted by molar-refractivity contribution is -0.141. The van der Waals surface area contributed by atoms with Gasteiger partial charge in [0.05, 0.1) is 18.4 Å². The third-order valence-corrected chi connectivity index (χ3v) is 6.55. The van der Waals surface area contributed by atoms with Gasteiger partial charge in [0.2, 0.25) is 11.9 Å². The van der Waals surface area contributed by atoms with E-state index in [4.69, 9.17) is 0 Å². The van der Waals surface area contributed by atoms with Gasteiger partial charge in [-0.15, -0.1) is 5.10 Å². The fourth-order valence-electron chi connectivity index (χ4n) is 4.40. The number of piperidine rings is 1. The monoisotopic (exact) mass is 485 g/mol. The number of aliphatic hydroxyl groups is 1. The van der Waals surface area contributed by atoms with Gasteiger partial charge in [0.1, 0.15) is 11.9 Å². The number of likely N-dealkylation sites (tertiary alicyclic amines) is 1. The number of hydrogen-bond donors (Lipinski definition) is 2. The molecule has 0 spiro atoms. The van der Waals surface area contributed by atoms with E-state index in [1.54, 1.807) is 30.2 Å². The molecule has 1 aromatic heterocycles. The van der Waals surface area contributed by atoms with Crippen LogP contribution in [0, 0.1) is 5.82 Å². The van der Waals surface area contributed by atoms with Crippen LogP contribution in [0.5, 0.6) is 0 Å². The van der Waals surface area contributed by atoms with Crippen molar-refractivity contribution in [2.75, 3.05) is 50.7 Å². The molecule has 2 aliphatic rings. The minimum absolute atomic E-state index is 0.0203. The number of aromatic nitrogens is 3. The number of anilines is 1. The summed E-state index contributed by atoms with van der Waals surface area (Å²) >= 11 is 0. The zero-order valence-corrected chi connectivity index (χ0v) is 19.9. The number of aliphatic hydroxyl groups excluding tert-OH is 1. The SMILES string of the molecule is CCC(O)C(=O)N1CCC(NC(=O)CN2CCN(c3nncc(-c4ccc(F)cc4)n3)CC2)CC1. The number of halogens is 1. The molecule has 0 saturated carbocycles. The fourth-order valence-corrected chi connectivity index (χ4v) is 4.40. The lowest BCUT2D eigenvalue weighted by Gasteiger charge is -2.35. The number of rotatable bonds is 7. The first-order valence-electron chi connectivity index (χ1n) is 12.1. The van der Waals surface area contributed by atoms with Gasteiger partial charge in [-0.05, 0) is 43.5 Å². The lowest BCUT2D eigenvalue weighted by Crippen LogP contribution is -2.53. The molecule has 11 heteroatoms. The Morgan fingerprint density at radius 2 is 1.80 bits per heavy atom. The smallest absolute Gasteiger partial charge is 0.251 e. The van der Waals surface area contributed by atoms with Crippen molar-refractivity contribution in [2.45, 2.75) is 38.3 Å². The molecule has 2 aromatic rings. The fraction of sp³-hybridized carbons (Fsp3) is 0.542. The molecule has 10 nitrogen and oxygen atoms in total. The van der Waals surface area contributed by atoms with Crippen molar-refractivity contribution in [1.82, 2.24) is 30.3 Å². The highest BCUT2D eigenvalue weighted by Gasteiger charge is 2.28. The number of carbonyl (C=O) groups excluding carboxylic acids is 2. The van der Waals surface area contributed by atoms with E-state index in [9.17, 15) is 19.1 Å². The van der Waals surface area contributed by atoms with E-state index in [1.807, 2.05) is 4.90 Å². The van der Waals surface area contributed by atoms with Gasteiger partial charge in [0, 0.05) is 50.9 Å². The molecule has 1 unspecified atom stereocenters. The molecule has 0 radical (unpaired) electrons. The largest absolute Gasteiger partial charge is 0.383 e. The van der Waals surface area contributed by atoms with Gasteiger partial charge in [-0.2, -0.15) is 5.10 Å². The topological polar surface area (TPSA) is 115 Å². The van der Waals surface area contributed by atoms with Crippen molar-refractivity contribution >= 4 is 17.8 Å². The van der Waals surface area contributed by atoms with E-state index >= 15 is 0 Å². The van der Waals surface area contributed by atoms with E-state index in [0.29, 0.717) is 76.7 Å². The molecule has 2 saturated heterocycles. The standard InChI is InChI=1S/C24H32FN7O3/c1-2-21(33)23(35)31-9-7-19(8-10-31)27-22(34)16-30-11-13-32(14-12-30)24-28-20(15-26-29-24)17-3-5-18(25)6-4-17/h3-6,15,19,21,33H,2,7-14,16H2,1H3,(H,27,34). The summed E-state index contributed by atoms with van der Waals surface area (Å²) in [6, 6.07) is 6.15. The molecule has 1 atom stereocenters. The van der Waals surface area contributed by atoms with Crippen molar-refractivity contribution < 1.29 is 19.1 Å². The van der Waals surface area contributed by atoms with Crippen LogP contribution in [0.3, 0.4) is 0 Å². The van der Waals surface area contributed by atoms with Crippen molar-refractivity contribution in [3.8, 4) is 11.3 Å². The summed E-state index contributed by atoms with van der Waals surface area (Å²) < 4.78 is 13.2. The molecular formula is C24H32FN7O3. The molecule has 188 valence electrons. The minimum atomic E-state index is -0.939. The molecule has 2 N–H and O–H groups in total. The maximum atomic E-state index is 13.2. The average Bonchev–Trinajstić information content (AvgIpc) is 2.89. The Hall–Kier alpha value is -3.18. The van der Waals surface area contributed by atoms with Gasteiger partial charge >= 0.3 is 0 Å². The second-order valence-corrected chi connectivity index (χ2v) is 9.00. The van der Waals surface area contributed by atoms with Crippen LogP contribution in [0.15, 0.2) is 30.5 Å². The normalized spacial score (nSPS) is 18.4. The highest BCUT2D eigenvalue weighted by atomic mass is 19.1. The molecule has 1 aromatic carbocycles. The van der Waals surface area contributed by atoms with Gasteiger partial charge in [-0.3, -0.25) is 14.5 Å². The summed E-state index contributed by atoms with van der Waals surface area (Å²) in [7, 11) is 0. The Balaban J connectivity index is 1.21. The van der Waals surface area contributed by atoms with E-state index in [2.05, 4.69) is 25.4 Å². The highest BCUT2D eigenvalue weighted by Crippen LogP contribution is 2.19. The number of amides is 2. The average molecular weight is 486 g/mol. The van der Waals surface area contributed by atoms with Gasteiger partial charge in [-0.1, -0.05) is 6.92 Å². The molecule has 0 bridgehead atoms. The Labute approximate surface area is 204 Å². The van der Waals surface area contributed by atoms with Crippen LogP contribution in [-0.2, 0) is 9.59 Å². The number of benzene rings is 1. The molecule has 3 heterocycles. The van der Waals surface area contributed by atoms with E-state index < -0.39 is 6.10 Å². The summed E-state index contributed by atoms with van der Waals surface area (Å²) in [6.45, 7) is 5.92. The predicted molar refractivity (Wildman–Crippen MR) is 128 cm³/mol. The summed E-state index contributed by atoms with van der Waals surface area (Å²) in [6.07, 6.45) is 2.41. The van der Waals surface area contributed by atoms with E-state index in [1.165, 1.54) is 12.1 Å². The number of nitrogens with zero attached hydrogens (tertiary/aromatic N) is 6. The maximum absolute atomic E-state index is 13.2. The quantitative estimate of drug-likeness (QED) is 0.589. The number of hydrogen-bond acceptors (Lipinski definition) is 8. The first-order chi connectivity index (χ1) is 16.9. The van der Waals surface area contributed by atoms with Crippen LogP contribution in [0.1, 0.15) is 26.2 Å². The predicted octanol–water partition coefficient (Wildman–Crippen LogP) is 0.678. The molecular weight excluding hydrogens is 453 g/mol. The van der Waals surface area contributed by atoms with Crippen molar-refractivity contribution in [3.63, 3.8) is 0 Å². The summed E-state index contributed by atoms with van der Waals surface area (Å²) in [5, 5.41) is 21.0. The number of piperazine rings is 1. The molecule has 35 heavy (non-hydrogen) atoms. The first-order valence-corrected chi connectivity index (χ1v) is 12.1. The van der Waals surface area contributed by atoms with Crippen LogP contribution in [0.2, 0.25) is 0 Å². The van der Waals surface area contributed by atoms with Crippen LogP contribution in [0.4, 0.5) is 10.3 Å². The second kappa shape index (κ2) is 11.5. The Bertz CT molecular complexity index is 1010. The van der Waals surface area contributed by atoms with Crippen molar-refractivity contribution in [1.29, 1.82) is 0 Å². The van der Waals surface area contributed by atoms with E-state index in [-0.39, 0.29) is 23.7 Å². The summed E-state index contributed by atoms with van der Waals surface area (Å²) in [4.78, 5) is 35.1. The second-order valence-electron chi connectivity index (χ2n) is 9.00. The maximum Gasteiger partial charge on any atom is 0.251 e. The van der Waals surface area contributed by atoms with E-state index in [0.717, 1.165) is 5.56 Å². The molecule has 2 amide bonds. The zero-order chi connectivity index (χ0) is 24.8. The van der Waals surface area contributed by atoms with Crippen molar-refractivity contribution in [3.05, 3.63) is 36.3 Å². The van der Waals surface area contributed by atoms with Gasteiger partial charge in [-0.25, -0.2) is 9.37 Å². The van der Waals surface area contributed by atoms with Crippen LogP contribution in [0.25, 0.3) is 11.3 Å². The van der Waals surface area contributed by atoms with Crippen LogP contribution >= 0.6 is 0 Å². The Morgan fingerprint density at radius 1 is 1.11 bits per heavy atom. The van der Waals surface area contributed by atoms with Gasteiger partial charge in [0.25, 0.3) is 5.91 Å². The van der Waals surface area contributed by atoms with Gasteiger partial charge in [0.15, 0.2) is 0 Å². The molecule has 4 rings (SSSR count). The minimum Gasteiger partial charge on any atom is -0.383 e. The lowest BCUT2D eigenvalue weighted by atomic mass is 10.0. The molecule has 2 fully saturated rings. The zero-order valence-electron chi connectivity index (χ0n) is 19.9. The number of nitrogens with one attached hydrogen (secondary N) is 1. The molecule has 0 aliphatic carbocycles. The third kappa shape index (κ3) is 6.49. The Kier molecular flexibility index (Phi) is 8.19. The summed E-state index contributed by atoms with van der Waals surface area (Å²) in [5.74, 6) is -0.0282. The van der Waals surface area contributed by atoms with Crippen LogP contribution < -0.4 is 10.2 Å². The Morgan fingerprint density at radius 3 is 2.46 bits per heavy atom.